The first-order chi connectivity index (χ1) is 9.13. The Morgan fingerprint density at radius 2 is 2.42 bits per heavy atom. The first-order valence-electron chi connectivity index (χ1n) is 5.98. The molecule has 1 heterocycles. The van der Waals surface area contributed by atoms with Gasteiger partial charge in [0.1, 0.15) is 23.6 Å². The van der Waals surface area contributed by atoms with Crippen LogP contribution in [0.15, 0.2) is 12.3 Å². The highest BCUT2D eigenvalue weighted by Gasteiger charge is 2.25. The lowest BCUT2D eigenvalue weighted by Crippen LogP contribution is -2.17. The molecule has 0 amide bonds. The lowest BCUT2D eigenvalue weighted by atomic mass is 10.2. The van der Waals surface area contributed by atoms with E-state index in [1.54, 1.807) is 0 Å². The van der Waals surface area contributed by atoms with Crippen LogP contribution in [0.5, 0.6) is 0 Å². The molecule has 2 atom stereocenters. The molecular formula is C12H14N4O2S. The molecule has 1 N–H and O–H groups in total. The molecule has 1 aromatic rings. The second-order valence-corrected chi connectivity index (χ2v) is 5.61. The van der Waals surface area contributed by atoms with Gasteiger partial charge in [-0.25, -0.2) is 4.98 Å². The summed E-state index contributed by atoms with van der Waals surface area (Å²) in [6.45, 7) is 0. The van der Waals surface area contributed by atoms with Gasteiger partial charge in [-0.1, -0.05) is 0 Å². The smallest absolute Gasteiger partial charge is 0.289 e. The summed E-state index contributed by atoms with van der Waals surface area (Å²) < 4.78 is 0. The first-order valence-corrected chi connectivity index (χ1v) is 7.26. The molecular weight excluding hydrogens is 264 g/mol. The van der Waals surface area contributed by atoms with Gasteiger partial charge in [0.2, 0.25) is 0 Å². The van der Waals surface area contributed by atoms with Crippen LogP contribution in [0.3, 0.4) is 0 Å². The Kier molecular flexibility index (Phi) is 4.22. The van der Waals surface area contributed by atoms with E-state index in [0.717, 1.165) is 19.3 Å². The summed E-state index contributed by atoms with van der Waals surface area (Å²) >= 11 is 1.85. The van der Waals surface area contributed by atoms with E-state index in [1.807, 2.05) is 17.8 Å². The maximum atomic E-state index is 10.6. The second-order valence-electron chi connectivity index (χ2n) is 4.47. The van der Waals surface area contributed by atoms with Gasteiger partial charge in [0.15, 0.2) is 0 Å². The first kappa shape index (κ1) is 13.6. The minimum absolute atomic E-state index is 0.157. The van der Waals surface area contributed by atoms with Crippen molar-refractivity contribution in [2.24, 2.45) is 0 Å². The molecule has 7 heteroatoms. The van der Waals surface area contributed by atoms with E-state index in [9.17, 15) is 10.1 Å². The van der Waals surface area contributed by atoms with Crippen molar-refractivity contribution in [1.82, 2.24) is 4.98 Å². The van der Waals surface area contributed by atoms with Crippen LogP contribution in [0.4, 0.5) is 11.5 Å². The SMILES string of the molecule is CSC1CCC(Nc2ncc([N+](=O)[O-])cc2C#N)C1. The van der Waals surface area contributed by atoms with Crippen molar-refractivity contribution >= 4 is 23.3 Å². The quantitative estimate of drug-likeness (QED) is 0.672. The van der Waals surface area contributed by atoms with Gasteiger partial charge in [-0.2, -0.15) is 17.0 Å². The van der Waals surface area contributed by atoms with Crippen LogP contribution in [-0.2, 0) is 0 Å². The number of rotatable bonds is 4. The van der Waals surface area contributed by atoms with Crippen molar-refractivity contribution in [2.75, 3.05) is 11.6 Å². The van der Waals surface area contributed by atoms with E-state index in [0.29, 0.717) is 17.1 Å². The normalized spacial score (nSPS) is 21.9. The number of aromatic nitrogens is 1. The Morgan fingerprint density at radius 3 is 3.00 bits per heavy atom. The number of nitrogens with one attached hydrogen (secondary N) is 1. The van der Waals surface area contributed by atoms with Crippen LogP contribution in [0.25, 0.3) is 0 Å². The van der Waals surface area contributed by atoms with Crippen molar-refractivity contribution in [1.29, 1.82) is 5.26 Å². The third kappa shape index (κ3) is 3.15. The van der Waals surface area contributed by atoms with E-state index < -0.39 is 4.92 Å². The lowest BCUT2D eigenvalue weighted by molar-refractivity contribution is -0.385. The molecule has 19 heavy (non-hydrogen) atoms. The number of nitriles is 1. The molecule has 0 aliphatic heterocycles. The van der Waals surface area contributed by atoms with Crippen molar-refractivity contribution in [2.45, 2.75) is 30.6 Å². The third-order valence-electron chi connectivity index (χ3n) is 3.26. The zero-order valence-corrected chi connectivity index (χ0v) is 11.3. The van der Waals surface area contributed by atoms with Crippen molar-refractivity contribution < 1.29 is 4.92 Å². The fraction of sp³-hybridized carbons (Fsp3) is 0.500. The monoisotopic (exact) mass is 278 g/mol. The molecule has 1 aromatic heterocycles. The van der Waals surface area contributed by atoms with Gasteiger partial charge in [-0.3, -0.25) is 10.1 Å². The Balaban J connectivity index is 2.13. The number of hydrogen-bond donors (Lipinski definition) is 1. The molecule has 0 spiro atoms. The number of thioether (sulfide) groups is 1. The largest absolute Gasteiger partial charge is 0.366 e. The maximum Gasteiger partial charge on any atom is 0.289 e. The number of hydrogen-bond acceptors (Lipinski definition) is 6. The van der Waals surface area contributed by atoms with Crippen LogP contribution in [0, 0.1) is 21.4 Å². The van der Waals surface area contributed by atoms with Crippen LogP contribution < -0.4 is 5.32 Å². The van der Waals surface area contributed by atoms with E-state index >= 15 is 0 Å². The third-order valence-corrected chi connectivity index (χ3v) is 4.36. The predicted octanol–water partition coefficient (Wildman–Crippen LogP) is 2.56. The minimum Gasteiger partial charge on any atom is -0.366 e. The molecule has 1 aliphatic carbocycles. The summed E-state index contributed by atoms with van der Waals surface area (Å²) in [6, 6.07) is 3.51. The summed E-state index contributed by atoms with van der Waals surface area (Å²) in [4.78, 5) is 14.1. The topological polar surface area (TPSA) is 91.8 Å². The second kappa shape index (κ2) is 5.89. The van der Waals surface area contributed by atoms with Gasteiger partial charge in [0.05, 0.1) is 4.92 Å². The summed E-state index contributed by atoms with van der Waals surface area (Å²) in [5.41, 5.74) is 0.0670. The molecule has 1 fully saturated rings. The molecule has 0 bridgehead atoms. The zero-order valence-electron chi connectivity index (χ0n) is 10.5. The fourth-order valence-electron chi connectivity index (χ4n) is 2.23. The Bertz CT molecular complexity index is 529. The van der Waals surface area contributed by atoms with Gasteiger partial charge in [-0.05, 0) is 25.5 Å². The minimum atomic E-state index is -0.545. The van der Waals surface area contributed by atoms with Crippen molar-refractivity contribution in [3.63, 3.8) is 0 Å². The molecule has 100 valence electrons. The molecule has 2 unspecified atom stereocenters. The molecule has 0 radical (unpaired) electrons. The molecule has 6 nitrogen and oxygen atoms in total. The lowest BCUT2D eigenvalue weighted by Gasteiger charge is -2.14. The zero-order chi connectivity index (χ0) is 13.8. The maximum absolute atomic E-state index is 10.6. The predicted molar refractivity (Wildman–Crippen MR) is 74.2 cm³/mol. The van der Waals surface area contributed by atoms with Gasteiger partial charge in [-0.15, -0.1) is 0 Å². The van der Waals surface area contributed by atoms with Crippen molar-refractivity contribution in [3.8, 4) is 6.07 Å². The summed E-state index contributed by atoms with van der Waals surface area (Å²) in [6.07, 6.45) is 6.50. The highest BCUT2D eigenvalue weighted by atomic mass is 32.2. The highest BCUT2D eigenvalue weighted by molar-refractivity contribution is 7.99. The number of nitro groups is 1. The molecule has 0 saturated heterocycles. The molecule has 1 saturated carbocycles. The molecule has 2 rings (SSSR count). The van der Waals surface area contributed by atoms with E-state index in [-0.39, 0.29) is 11.3 Å². The Labute approximate surface area is 115 Å². The summed E-state index contributed by atoms with van der Waals surface area (Å²) in [5.74, 6) is 0.444. The molecule has 1 aliphatic rings. The van der Waals surface area contributed by atoms with Crippen LogP contribution in [0.2, 0.25) is 0 Å². The summed E-state index contributed by atoms with van der Waals surface area (Å²) in [5, 5.41) is 23.5. The standard InChI is InChI=1S/C12H14N4O2S/c1-19-11-3-2-9(5-11)15-12-8(6-13)4-10(7-14-12)16(17)18/h4,7,9,11H,2-3,5H2,1H3,(H,14,15). The van der Waals surface area contributed by atoms with Gasteiger partial charge < -0.3 is 5.32 Å². The average molecular weight is 278 g/mol. The van der Waals surface area contributed by atoms with E-state index in [1.165, 1.54) is 12.3 Å². The van der Waals surface area contributed by atoms with Crippen LogP contribution in [-0.4, -0.2) is 27.5 Å². The number of nitrogens with zero attached hydrogens (tertiary/aromatic N) is 3. The van der Waals surface area contributed by atoms with E-state index in [4.69, 9.17) is 5.26 Å². The van der Waals surface area contributed by atoms with Crippen LogP contribution in [0.1, 0.15) is 24.8 Å². The Hall–Kier alpha value is -1.81. The Morgan fingerprint density at radius 1 is 1.63 bits per heavy atom. The van der Waals surface area contributed by atoms with Gasteiger partial charge in [0, 0.05) is 17.4 Å². The summed E-state index contributed by atoms with van der Waals surface area (Å²) in [7, 11) is 0. The molecule has 0 aromatic carbocycles. The average Bonchev–Trinajstić information content (AvgIpc) is 2.86. The van der Waals surface area contributed by atoms with Gasteiger partial charge in [0.25, 0.3) is 5.69 Å². The van der Waals surface area contributed by atoms with E-state index in [2.05, 4.69) is 16.6 Å². The number of pyridine rings is 1. The fourth-order valence-corrected chi connectivity index (χ4v) is 3.03. The highest BCUT2D eigenvalue weighted by Crippen LogP contribution is 2.30. The van der Waals surface area contributed by atoms with Crippen molar-refractivity contribution in [3.05, 3.63) is 27.9 Å². The number of anilines is 1. The van der Waals surface area contributed by atoms with Gasteiger partial charge >= 0.3 is 0 Å². The van der Waals surface area contributed by atoms with Crippen LogP contribution >= 0.6 is 11.8 Å².